The smallest absolute Gasteiger partial charge is 0.264 e. The molecule has 0 heterocycles. The number of benzene rings is 2. The van der Waals surface area contributed by atoms with Crippen LogP contribution in [0.25, 0.3) is 0 Å². The molecule has 2 aromatic carbocycles. The summed E-state index contributed by atoms with van der Waals surface area (Å²) in [6.45, 7) is 0. The Morgan fingerprint density at radius 1 is 1.15 bits per heavy atom. The summed E-state index contributed by atoms with van der Waals surface area (Å²) in [5, 5.41) is 8.88. The average Bonchev–Trinajstić information content (AvgIpc) is 2.46. The number of rotatable bonds is 3. The van der Waals surface area contributed by atoms with Crippen molar-refractivity contribution < 1.29 is 8.42 Å². The van der Waals surface area contributed by atoms with Crippen LogP contribution in [0.5, 0.6) is 0 Å². The zero-order valence-electron chi connectivity index (χ0n) is 10.6. The Morgan fingerprint density at radius 2 is 1.85 bits per heavy atom. The van der Waals surface area contributed by atoms with Crippen LogP contribution in [0.1, 0.15) is 5.56 Å². The highest BCUT2D eigenvalue weighted by atomic mass is 79.9. The van der Waals surface area contributed by atoms with Gasteiger partial charge in [0.15, 0.2) is 0 Å². The molecule has 0 bridgehead atoms. The highest BCUT2D eigenvalue weighted by Gasteiger charge is 2.21. The topological polar surface area (TPSA) is 61.2 Å². The van der Waals surface area contributed by atoms with Gasteiger partial charge in [-0.3, -0.25) is 4.31 Å². The van der Waals surface area contributed by atoms with Crippen molar-refractivity contribution in [3.63, 3.8) is 0 Å². The Bertz CT molecular complexity index is 782. The maximum absolute atomic E-state index is 12.5. The largest absolute Gasteiger partial charge is 0.269 e. The number of anilines is 1. The van der Waals surface area contributed by atoms with E-state index in [1.165, 1.54) is 19.2 Å². The molecule has 102 valence electrons. The van der Waals surface area contributed by atoms with Crippen molar-refractivity contribution in [2.24, 2.45) is 0 Å². The van der Waals surface area contributed by atoms with Gasteiger partial charge in [0.2, 0.25) is 0 Å². The van der Waals surface area contributed by atoms with Gasteiger partial charge in [0, 0.05) is 11.5 Å². The van der Waals surface area contributed by atoms with Gasteiger partial charge in [0.1, 0.15) is 0 Å². The minimum atomic E-state index is -3.65. The van der Waals surface area contributed by atoms with Crippen LogP contribution in [0, 0.1) is 11.3 Å². The molecule has 20 heavy (non-hydrogen) atoms. The summed E-state index contributed by atoms with van der Waals surface area (Å²) in [5.41, 5.74) is 0.864. The number of hydrogen-bond acceptors (Lipinski definition) is 3. The second-order valence-corrected chi connectivity index (χ2v) is 6.98. The molecule has 2 rings (SSSR count). The molecule has 0 aromatic heterocycles. The average molecular weight is 351 g/mol. The highest BCUT2D eigenvalue weighted by Crippen LogP contribution is 2.24. The molecule has 0 atom stereocenters. The van der Waals surface area contributed by atoms with Gasteiger partial charge in [-0.1, -0.05) is 28.1 Å². The third-order valence-electron chi connectivity index (χ3n) is 2.79. The Balaban J connectivity index is 2.46. The number of nitrogens with zero attached hydrogens (tertiary/aromatic N) is 2. The second-order valence-electron chi connectivity index (χ2n) is 4.09. The lowest BCUT2D eigenvalue weighted by molar-refractivity contribution is 0.594. The summed E-state index contributed by atoms with van der Waals surface area (Å²) >= 11 is 3.26. The zero-order valence-corrected chi connectivity index (χ0v) is 13.0. The third-order valence-corrected chi connectivity index (χ3v) is 5.07. The molecule has 0 fully saturated rings. The normalized spacial score (nSPS) is 10.8. The van der Waals surface area contributed by atoms with Crippen LogP contribution >= 0.6 is 15.9 Å². The fourth-order valence-corrected chi connectivity index (χ4v) is 3.48. The van der Waals surface area contributed by atoms with Crippen molar-refractivity contribution in [2.45, 2.75) is 4.90 Å². The maximum atomic E-state index is 12.5. The summed E-state index contributed by atoms with van der Waals surface area (Å²) in [6.07, 6.45) is 0. The van der Waals surface area contributed by atoms with Crippen LogP contribution in [-0.2, 0) is 10.0 Å². The third kappa shape index (κ3) is 2.84. The fourth-order valence-electron chi connectivity index (χ4n) is 1.70. The minimum absolute atomic E-state index is 0.191. The molecule has 0 amide bonds. The predicted octanol–water partition coefficient (Wildman–Crippen LogP) is 3.15. The van der Waals surface area contributed by atoms with Gasteiger partial charge < -0.3 is 0 Å². The first-order valence-corrected chi connectivity index (χ1v) is 7.93. The summed E-state index contributed by atoms with van der Waals surface area (Å²) in [5.74, 6) is 0. The quantitative estimate of drug-likeness (QED) is 0.854. The van der Waals surface area contributed by atoms with E-state index < -0.39 is 10.0 Å². The number of sulfonamides is 1. The number of nitriles is 1. The maximum Gasteiger partial charge on any atom is 0.264 e. The van der Waals surface area contributed by atoms with Gasteiger partial charge in [0.05, 0.1) is 22.2 Å². The number of hydrogen-bond donors (Lipinski definition) is 0. The molecule has 0 radical (unpaired) electrons. The van der Waals surface area contributed by atoms with E-state index in [4.69, 9.17) is 5.26 Å². The van der Waals surface area contributed by atoms with Crippen LogP contribution in [0.3, 0.4) is 0 Å². The van der Waals surface area contributed by atoms with E-state index in [-0.39, 0.29) is 4.90 Å². The summed E-state index contributed by atoms with van der Waals surface area (Å²) < 4.78 is 26.9. The van der Waals surface area contributed by atoms with Gasteiger partial charge in [-0.25, -0.2) is 8.42 Å². The van der Waals surface area contributed by atoms with E-state index in [1.807, 2.05) is 6.07 Å². The molecule has 0 N–H and O–H groups in total. The molecular weight excluding hydrogens is 340 g/mol. The van der Waals surface area contributed by atoms with Crippen molar-refractivity contribution in [1.29, 1.82) is 5.26 Å². The van der Waals surface area contributed by atoms with E-state index in [1.54, 1.807) is 36.4 Å². The molecule has 2 aromatic rings. The molecule has 0 aliphatic carbocycles. The minimum Gasteiger partial charge on any atom is -0.269 e. The molecule has 0 aliphatic rings. The molecule has 6 heteroatoms. The summed E-state index contributed by atoms with van der Waals surface area (Å²) in [4.78, 5) is 0.191. The predicted molar refractivity (Wildman–Crippen MR) is 80.9 cm³/mol. The summed E-state index contributed by atoms with van der Waals surface area (Å²) in [7, 11) is -2.18. The molecule has 0 saturated heterocycles. The van der Waals surface area contributed by atoms with E-state index in [9.17, 15) is 8.42 Å². The van der Waals surface area contributed by atoms with E-state index in [0.717, 1.165) is 4.31 Å². The lowest BCUT2D eigenvalue weighted by Crippen LogP contribution is -2.26. The molecule has 0 aliphatic heterocycles. The molecule has 0 spiro atoms. The van der Waals surface area contributed by atoms with Gasteiger partial charge in [-0.15, -0.1) is 0 Å². The van der Waals surface area contributed by atoms with Crippen molar-refractivity contribution in [1.82, 2.24) is 0 Å². The Labute approximate surface area is 126 Å². The van der Waals surface area contributed by atoms with Crippen molar-refractivity contribution in [2.75, 3.05) is 11.4 Å². The van der Waals surface area contributed by atoms with Gasteiger partial charge in [-0.05, 0) is 36.4 Å². The van der Waals surface area contributed by atoms with Gasteiger partial charge >= 0.3 is 0 Å². The summed E-state index contributed by atoms with van der Waals surface area (Å²) in [6, 6.07) is 15.0. The Morgan fingerprint density at radius 3 is 2.50 bits per heavy atom. The van der Waals surface area contributed by atoms with E-state index in [0.29, 0.717) is 15.7 Å². The van der Waals surface area contributed by atoms with Crippen LogP contribution in [0.15, 0.2) is 57.9 Å². The Kier molecular flexibility index (Phi) is 4.12. The van der Waals surface area contributed by atoms with Crippen molar-refractivity contribution in [3.05, 3.63) is 58.6 Å². The molecule has 4 nitrogen and oxygen atoms in total. The Hall–Kier alpha value is -1.84. The fraction of sp³-hybridized carbons (Fsp3) is 0.0714. The molecular formula is C14H11BrN2O2S. The van der Waals surface area contributed by atoms with Crippen molar-refractivity contribution in [3.8, 4) is 6.07 Å². The first-order chi connectivity index (χ1) is 9.45. The number of halogens is 1. The zero-order chi connectivity index (χ0) is 14.8. The van der Waals surface area contributed by atoms with E-state index >= 15 is 0 Å². The van der Waals surface area contributed by atoms with E-state index in [2.05, 4.69) is 15.9 Å². The SMILES string of the molecule is CN(c1cccc(C#N)c1)S(=O)(=O)c1cccc(Br)c1. The first kappa shape index (κ1) is 14.6. The monoisotopic (exact) mass is 350 g/mol. The molecule has 0 saturated carbocycles. The van der Waals surface area contributed by atoms with Gasteiger partial charge in [-0.2, -0.15) is 5.26 Å². The van der Waals surface area contributed by atoms with Crippen LogP contribution < -0.4 is 4.31 Å². The second kappa shape index (κ2) is 5.65. The van der Waals surface area contributed by atoms with Gasteiger partial charge in [0.25, 0.3) is 10.0 Å². The van der Waals surface area contributed by atoms with Crippen molar-refractivity contribution >= 4 is 31.6 Å². The van der Waals surface area contributed by atoms with Crippen LogP contribution in [0.4, 0.5) is 5.69 Å². The standard InChI is InChI=1S/C14H11BrN2O2S/c1-17(13-6-2-4-11(8-13)10-16)20(18,19)14-7-3-5-12(15)9-14/h2-9H,1H3. The molecule has 0 unspecified atom stereocenters. The first-order valence-electron chi connectivity index (χ1n) is 5.70. The lowest BCUT2D eigenvalue weighted by atomic mass is 10.2. The lowest BCUT2D eigenvalue weighted by Gasteiger charge is -2.19. The van der Waals surface area contributed by atoms with Crippen LogP contribution in [-0.4, -0.2) is 15.5 Å². The highest BCUT2D eigenvalue weighted by molar-refractivity contribution is 9.10. The van der Waals surface area contributed by atoms with Crippen LogP contribution in [0.2, 0.25) is 0 Å².